The van der Waals surface area contributed by atoms with Crippen molar-refractivity contribution in [3.8, 4) is 0 Å². The average molecular weight is 297 g/mol. The Labute approximate surface area is 126 Å². The number of carbonyl (C=O) groups is 3. The van der Waals surface area contributed by atoms with Crippen molar-refractivity contribution in [1.82, 2.24) is 4.90 Å². The van der Waals surface area contributed by atoms with Crippen molar-refractivity contribution in [3.05, 3.63) is 71.5 Å². The normalized spacial score (nSPS) is 17.9. The van der Waals surface area contributed by atoms with Crippen LogP contribution in [0.2, 0.25) is 0 Å². The van der Waals surface area contributed by atoms with Crippen molar-refractivity contribution in [3.63, 3.8) is 0 Å². The molecule has 5 heteroatoms. The molecule has 0 saturated carbocycles. The molecular formula is C17H12FNO3. The summed E-state index contributed by atoms with van der Waals surface area (Å²) in [7, 11) is 0. The first-order valence-electron chi connectivity index (χ1n) is 6.79. The highest BCUT2D eigenvalue weighted by Crippen LogP contribution is 2.26. The third-order valence-electron chi connectivity index (χ3n) is 3.69. The predicted molar refractivity (Wildman–Crippen MR) is 76.6 cm³/mol. The van der Waals surface area contributed by atoms with Gasteiger partial charge in [0.15, 0.2) is 0 Å². The number of ketones is 1. The smallest absolute Gasteiger partial charge is 0.288 e. The quantitative estimate of drug-likeness (QED) is 0.630. The predicted octanol–water partition coefficient (Wildman–Crippen LogP) is 2.16. The van der Waals surface area contributed by atoms with Crippen molar-refractivity contribution in [1.29, 1.82) is 0 Å². The summed E-state index contributed by atoms with van der Waals surface area (Å²) in [5, 5.41) is 0. The lowest BCUT2D eigenvalue weighted by atomic mass is 9.97. The van der Waals surface area contributed by atoms with E-state index in [4.69, 9.17) is 0 Å². The van der Waals surface area contributed by atoms with Crippen LogP contribution in [0, 0.1) is 5.82 Å². The lowest BCUT2D eigenvalue weighted by molar-refractivity contribution is -0.139. The summed E-state index contributed by atoms with van der Waals surface area (Å²) in [5.74, 6) is -3.71. The molecule has 4 nitrogen and oxygen atoms in total. The second kappa shape index (κ2) is 5.52. The second-order valence-corrected chi connectivity index (χ2v) is 5.03. The number of rotatable bonds is 2. The summed E-state index contributed by atoms with van der Waals surface area (Å²) in [6, 6.07) is 14.2. The molecule has 0 N–H and O–H groups in total. The number of hydrogen-bond donors (Lipinski definition) is 0. The van der Waals surface area contributed by atoms with Crippen LogP contribution < -0.4 is 0 Å². The van der Waals surface area contributed by atoms with Gasteiger partial charge in [0.2, 0.25) is 5.78 Å². The van der Waals surface area contributed by atoms with Crippen LogP contribution in [0.5, 0.6) is 0 Å². The SMILES string of the molecule is O=C1C(=O)N(C(=O)c2ccccc2F)C[C@@H]1c1ccccc1. The fourth-order valence-electron chi connectivity index (χ4n) is 2.53. The van der Waals surface area contributed by atoms with Crippen LogP contribution in [0.25, 0.3) is 0 Å². The summed E-state index contributed by atoms with van der Waals surface area (Å²) in [4.78, 5) is 37.3. The van der Waals surface area contributed by atoms with Crippen LogP contribution in [-0.4, -0.2) is 29.0 Å². The maximum absolute atomic E-state index is 13.7. The Morgan fingerprint density at radius 2 is 1.64 bits per heavy atom. The molecule has 1 fully saturated rings. The zero-order valence-electron chi connectivity index (χ0n) is 11.5. The molecule has 0 spiro atoms. The zero-order valence-corrected chi connectivity index (χ0v) is 11.5. The van der Waals surface area contributed by atoms with Crippen LogP contribution in [0.1, 0.15) is 21.8 Å². The third-order valence-corrected chi connectivity index (χ3v) is 3.69. The van der Waals surface area contributed by atoms with Gasteiger partial charge in [0.1, 0.15) is 5.82 Å². The summed E-state index contributed by atoms with van der Waals surface area (Å²) < 4.78 is 13.7. The molecule has 1 heterocycles. The van der Waals surface area contributed by atoms with E-state index in [2.05, 4.69) is 0 Å². The number of imide groups is 1. The van der Waals surface area contributed by atoms with E-state index in [1.807, 2.05) is 0 Å². The van der Waals surface area contributed by atoms with E-state index in [0.717, 1.165) is 11.0 Å². The van der Waals surface area contributed by atoms with Crippen molar-refractivity contribution in [2.45, 2.75) is 5.92 Å². The minimum absolute atomic E-state index is 0.0607. The number of hydrogen-bond acceptors (Lipinski definition) is 3. The van der Waals surface area contributed by atoms with E-state index in [1.165, 1.54) is 18.2 Å². The molecule has 0 unspecified atom stereocenters. The van der Waals surface area contributed by atoms with Gasteiger partial charge in [-0.25, -0.2) is 4.39 Å². The molecule has 22 heavy (non-hydrogen) atoms. The Balaban J connectivity index is 1.91. The van der Waals surface area contributed by atoms with E-state index >= 15 is 0 Å². The highest BCUT2D eigenvalue weighted by molar-refractivity contribution is 6.43. The van der Waals surface area contributed by atoms with Gasteiger partial charge in [-0.05, 0) is 17.7 Å². The molecule has 2 aromatic rings. The van der Waals surface area contributed by atoms with Gasteiger partial charge in [0, 0.05) is 6.54 Å². The van der Waals surface area contributed by atoms with Gasteiger partial charge in [-0.1, -0.05) is 42.5 Å². The van der Waals surface area contributed by atoms with E-state index in [1.54, 1.807) is 30.3 Å². The summed E-state index contributed by atoms with van der Waals surface area (Å²) in [6.07, 6.45) is 0. The maximum atomic E-state index is 13.7. The first-order chi connectivity index (χ1) is 10.6. The van der Waals surface area contributed by atoms with Crippen molar-refractivity contribution < 1.29 is 18.8 Å². The Hall–Kier alpha value is -2.82. The van der Waals surface area contributed by atoms with Crippen molar-refractivity contribution in [2.24, 2.45) is 0 Å². The van der Waals surface area contributed by atoms with Crippen LogP contribution in [-0.2, 0) is 9.59 Å². The number of likely N-dealkylation sites (tertiary alicyclic amines) is 1. The second-order valence-electron chi connectivity index (χ2n) is 5.03. The molecule has 110 valence electrons. The fourth-order valence-corrected chi connectivity index (χ4v) is 2.53. The van der Waals surface area contributed by atoms with Crippen LogP contribution in [0.15, 0.2) is 54.6 Å². The van der Waals surface area contributed by atoms with Gasteiger partial charge in [-0.2, -0.15) is 0 Å². The highest BCUT2D eigenvalue weighted by atomic mass is 19.1. The van der Waals surface area contributed by atoms with Gasteiger partial charge in [-0.15, -0.1) is 0 Å². The summed E-state index contributed by atoms with van der Waals surface area (Å²) in [6.45, 7) is -0.0607. The van der Waals surface area contributed by atoms with Crippen LogP contribution in [0.3, 0.4) is 0 Å². The third kappa shape index (κ3) is 2.30. The topological polar surface area (TPSA) is 54.5 Å². The molecule has 0 aliphatic carbocycles. The van der Waals surface area contributed by atoms with Crippen LogP contribution in [0.4, 0.5) is 4.39 Å². The minimum Gasteiger partial charge on any atom is -0.288 e. The van der Waals surface area contributed by atoms with E-state index in [-0.39, 0.29) is 12.1 Å². The Kier molecular flexibility index (Phi) is 3.55. The number of nitrogens with zero attached hydrogens (tertiary/aromatic N) is 1. The fraction of sp³-hybridized carbons (Fsp3) is 0.118. The van der Waals surface area contributed by atoms with E-state index < -0.39 is 29.3 Å². The molecule has 1 saturated heterocycles. The molecule has 3 rings (SSSR count). The average Bonchev–Trinajstić information content (AvgIpc) is 2.84. The standard InChI is InChI=1S/C17H12FNO3/c18-14-9-5-4-8-12(14)16(21)19-10-13(15(20)17(19)22)11-6-2-1-3-7-11/h1-9,13H,10H2/t13-/m1/s1. The van der Waals surface area contributed by atoms with Gasteiger partial charge < -0.3 is 0 Å². The Bertz CT molecular complexity index is 758. The molecular weight excluding hydrogens is 285 g/mol. The number of Topliss-reactive ketones (excluding diaryl/α,β-unsaturated/α-hetero) is 1. The van der Waals surface area contributed by atoms with Gasteiger partial charge in [0.05, 0.1) is 11.5 Å². The van der Waals surface area contributed by atoms with Crippen molar-refractivity contribution >= 4 is 17.6 Å². The minimum atomic E-state index is -0.887. The molecule has 1 atom stereocenters. The lowest BCUT2D eigenvalue weighted by Gasteiger charge is -2.14. The molecule has 1 aliphatic rings. The molecule has 1 aliphatic heterocycles. The lowest BCUT2D eigenvalue weighted by Crippen LogP contribution is -2.34. The molecule has 0 radical (unpaired) electrons. The molecule has 2 aromatic carbocycles. The molecule has 0 aromatic heterocycles. The largest absolute Gasteiger partial charge is 0.297 e. The number of amides is 2. The van der Waals surface area contributed by atoms with E-state index in [9.17, 15) is 18.8 Å². The highest BCUT2D eigenvalue weighted by Gasteiger charge is 2.43. The first-order valence-corrected chi connectivity index (χ1v) is 6.79. The van der Waals surface area contributed by atoms with Gasteiger partial charge >= 0.3 is 0 Å². The van der Waals surface area contributed by atoms with Gasteiger partial charge in [0.25, 0.3) is 11.8 Å². The maximum Gasteiger partial charge on any atom is 0.297 e. The van der Waals surface area contributed by atoms with Crippen molar-refractivity contribution in [2.75, 3.05) is 6.54 Å². The molecule has 0 bridgehead atoms. The van der Waals surface area contributed by atoms with Gasteiger partial charge in [-0.3, -0.25) is 19.3 Å². The summed E-state index contributed by atoms with van der Waals surface area (Å²) >= 11 is 0. The zero-order chi connectivity index (χ0) is 15.7. The Morgan fingerprint density at radius 1 is 1.00 bits per heavy atom. The number of halogens is 1. The summed E-state index contributed by atoms with van der Waals surface area (Å²) in [5.41, 5.74) is 0.460. The number of benzene rings is 2. The van der Waals surface area contributed by atoms with E-state index in [0.29, 0.717) is 5.56 Å². The monoisotopic (exact) mass is 297 g/mol. The molecule has 2 amide bonds. The Morgan fingerprint density at radius 3 is 2.32 bits per heavy atom. The van der Waals surface area contributed by atoms with Crippen LogP contribution >= 0.6 is 0 Å². The first kappa shape index (κ1) is 14.1. The number of carbonyl (C=O) groups excluding carboxylic acids is 3.